The molecule has 162 valence electrons. The predicted octanol–water partition coefficient (Wildman–Crippen LogP) is 4.28. The van der Waals surface area contributed by atoms with Crippen LogP contribution in [0.25, 0.3) is 0 Å². The molecule has 3 aliphatic rings. The summed E-state index contributed by atoms with van der Waals surface area (Å²) in [5.41, 5.74) is 0. The fourth-order valence-corrected chi connectivity index (χ4v) is 5.94. The lowest BCUT2D eigenvalue weighted by atomic mass is 9.54. The molecule has 3 bridgehead atoms. The molecule has 3 aliphatic carbocycles. The van der Waals surface area contributed by atoms with Gasteiger partial charge in [-0.1, -0.05) is 6.42 Å². The summed E-state index contributed by atoms with van der Waals surface area (Å²) in [5, 5.41) is -5.55. The predicted molar refractivity (Wildman–Crippen MR) is 91.4 cm³/mol. The molecule has 5 unspecified atom stereocenters. The van der Waals surface area contributed by atoms with E-state index in [2.05, 4.69) is 0 Å². The summed E-state index contributed by atoms with van der Waals surface area (Å²) < 4.78 is 87.5. The maximum absolute atomic E-state index is 13.4. The molecule has 3 rings (SSSR count). The number of alkyl halides is 4. The van der Waals surface area contributed by atoms with Crippen LogP contribution < -0.4 is 0 Å². The lowest BCUT2D eigenvalue weighted by Gasteiger charge is -2.51. The first-order valence-electron chi connectivity index (χ1n) is 9.81. The van der Waals surface area contributed by atoms with Crippen molar-refractivity contribution < 1.29 is 40.1 Å². The summed E-state index contributed by atoms with van der Waals surface area (Å²) in [6.07, 6.45) is 4.46. The second kappa shape index (κ2) is 7.74. The zero-order valence-electron chi connectivity index (χ0n) is 15.5. The van der Waals surface area contributed by atoms with Crippen molar-refractivity contribution >= 4 is 16.1 Å². The molecule has 0 saturated heterocycles. The van der Waals surface area contributed by atoms with E-state index >= 15 is 0 Å². The SMILES string of the molecule is O=C(OCCCCC(F)(F)C(F)(F)S(=O)(=O)O)C1CC2CC3CCC1C(C3)C2. The van der Waals surface area contributed by atoms with Crippen LogP contribution >= 0.6 is 0 Å². The van der Waals surface area contributed by atoms with Gasteiger partial charge in [0.25, 0.3) is 0 Å². The van der Waals surface area contributed by atoms with E-state index in [1.165, 1.54) is 12.8 Å². The largest absolute Gasteiger partial charge is 0.465 e. The van der Waals surface area contributed by atoms with Crippen molar-refractivity contribution in [2.75, 3.05) is 6.61 Å². The highest BCUT2D eigenvalue weighted by molar-refractivity contribution is 7.87. The maximum Gasteiger partial charge on any atom is 0.431 e. The lowest BCUT2D eigenvalue weighted by molar-refractivity contribution is -0.166. The van der Waals surface area contributed by atoms with Gasteiger partial charge in [-0.2, -0.15) is 26.0 Å². The summed E-state index contributed by atoms with van der Waals surface area (Å²) in [6.45, 7) is -0.173. The molecule has 3 fully saturated rings. The molecule has 0 spiro atoms. The highest BCUT2D eigenvalue weighted by Gasteiger charge is 2.64. The Morgan fingerprint density at radius 2 is 1.68 bits per heavy atom. The molecule has 0 aromatic carbocycles. The van der Waals surface area contributed by atoms with Gasteiger partial charge in [-0.3, -0.25) is 9.35 Å². The molecule has 10 heteroatoms. The first-order valence-corrected chi connectivity index (χ1v) is 11.3. The van der Waals surface area contributed by atoms with Gasteiger partial charge in [0, 0.05) is 6.42 Å². The van der Waals surface area contributed by atoms with Crippen LogP contribution in [0.2, 0.25) is 0 Å². The van der Waals surface area contributed by atoms with Crippen molar-refractivity contribution in [2.45, 2.75) is 69.0 Å². The molecule has 28 heavy (non-hydrogen) atoms. The average Bonchev–Trinajstić information content (AvgIpc) is 2.57. The van der Waals surface area contributed by atoms with Gasteiger partial charge in [0.15, 0.2) is 0 Å². The Morgan fingerprint density at radius 1 is 1.00 bits per heavy atom. The highest BCUT2D eigenvalue weighted by Crippen LogP contribution is 2.54. The third-order valence-corrected chi connectivity index (χ3v) is 7.69. The van der Waals surface area contributed by atoms with Gasteiger partial charge in [-0.25, -0.2) is 0 Å². The standard InChI is InChI=1S/C18H26F4O5S/c19-17(20,18(21,22)28(24,25)26)5-1-2-6-27-16(23)15-10-12-7-11-3-4-14(15)13(8-11)9-12/h11-15H,1-10H2,(H,24,25,26). The quantitative estimate of drug-likeness (QED) is 0.269. The minimum absolute atomic E-state index is 0.0881. The smallest absolute Gasteiger partial charge is 0.431 e. The van der Waals surface area contributed by atoms with Crippen LogP contribution in [0.5, 0.6) is 0 Å². The van der Waals surface area contributed by atoms with Gasteiger partial charge in [0.05, 0.1) is 12.5 Å². The summed E-state index contributed by atoms with van der Waals surface area (Å²) in [5.74, 6) is -3.21. The van der Waals surface area contributed by atoms with Crippen molar-refractivity contribution in [1.29, 1.82) is 0 Å². The second-order valence-corrected chi connectivity index (χ2v) is 10.1. The van der Waals surface area contributed by atoms with E-state index in [9.17, 15) is 30.8 Å². The van der Waals surface area contributed by atoms with Crippen molar-refractivity contribution in [3.63, 3.8) is 0 Å². The molecule has 5 atom stereocenters. The highest BCUT2D eigenvalue weighted by atomic mass is 32.2. The van der Waals surface area contributed by atoms with Gasteiger partial charge >= 0.3 is 27.3 Å². The molecule has 0 aromatic heterocycles. The Balaban J connectivity index is 1.44. The Hall–Kier alpha value is -0.900. The van der Waals surface area contributed by atoms with Crippen LogP contribution in [0, 0.1) is 29.6 Å². The maximum atomic E-state index is 13.4. The fourth-order valence-electron chi connectivity index (χ4n) is 5.46. The number of halogens is 4. The Kier molecular flexibility index (Phi) is 6.02. The van der Waals surface area contributed by atoms with E-state index in [-0.39, 0.29) is 24.9 Å². The zero-order valence-corrected chi connectivity index (χ0v) is 16.3. The van der Waals surface area contributed by atoms with Crippen molar-refractivity contribution in [2.24, 2.45) is 29.6 Å². The molecule has 5 nitrogen and oxygen atoms in total. The second-order valence-electron chi connectivity index (χ2n) is 8.60. The number of hydrogen-bond donors (Lipinski definition) is 1. The van der Waals surface area contributed by atoms with E-state index in [0.29, 0.717) is 17.8 Å². The lowest BCUT2D eigenvalue weighted by Crippen LogP contribution is -2.46. The van der Waals surface area contributed by atoms with Crippen LogP contribution in [-0.4, -0.2) is 36.7 Å². The number of hydrogen-bond acceptors (Lipinski definition) is 4. The van der Waals surface area contributed by atoms with Crippen LogP contribution in [-0.2, 0) is 19.6 Å². The number of rotatable bonds is 8. The summed E-state index contributed by atoms with van der Waals surface area (Å²) in [6, 6.07) is 0. The zero-order chi connectivity index (χ0) is 20.7. The van der Waals surface area contributed by atoms with Gasteiger partial charge in [-0.15, -0.1) is 0 Å². The van der Waals surface area contributed by atoms with Crippen molar-refractivity contribution in [3.05, 3.63) is 0 Å². The van der Waals surface area contributed by atoms with Crippen LogP contribution in [0.4, 0.5) is 17.6 Å². The van der Waals surface area contributed by atoms with Crippen LogP contribution in [0.3, 0.4) is 0 Å². The number of ether oxygens (including phenoxy) is 1. The Morgan fingerprint density at radius 3 is 2.36 bits per heavy atom. The minimum Gasteiger partial charge on any atom is -0.465 e. The monoisotopic (exact) mass is 430 g/mol. The molecule has 0 amide bonds. The van der Waals surface area contributed by atoms with Gasteiger partial charge in [0.1, 0.15) is 0 Å². The van der Waals surface area contributed by atoms with E-state index in [1.54, 1.807) is 0 Å². The number of fused-ring (bicyclic) bond motifs is 2. The summed E-state index contributed by atoms with van der Waals surface area (Å²) in [4.78, 5) is 12.5. The van der Waals surface area contributed by atoms with Crippen LogP contribution in [0.1, 0.15) is 57.8 Å². The Labute approximate surface area is 161 Å². The summed E-state index contributed by atoms with van der Waals surface area (Å²) >= 11 is 0. The van der Waals surface area contributed by atoms with Gasteiger partial charge in [-0.05, 0) is 68.6 Å². The van der Waals surface area contributed by atoms with E-state index in [4.69, 9.17) is 9.29 Å². The molecule has 0 heterocycles. The summed E-state index contributed by atoms with van der Waals surface area (Å²) in [7, 11) is -6.21. The third kappa shape index (κ3) is 4.17. The van der Waals surface area contributed by atoms with E-state index < -0.39 is 34.1 Å². The van der Waals surface area contributed by atoms with Crippen molar-refractivity contribution in [1.82, 2.24) is 0 Å². The number of unbranched alkanes of at least 4 members (excludes halogenated alkanes) is 1. The van der Waals surface area contributed by atoms with E-state index in [0.717, 1.165) is 31.6 Å². The average molecular weight is 430 g/mol. The molecular weight excluding hydrogens is 404 g/mol. The fraction of sp³-hybridized carbons (Fsp3) is 0.944. The Bertz CT molecular complexity index is 690. The molecule has 1 N–H and O–H groups in total. The number of esters is 1. The molecule has 0 aliphatic heterocycles. The first kappa shape index (κ1) is 21.8. The van der Waals surface area contributed by atoms with Crippen LogP contribution in [0.15, 0.2) is 0 Å². The van der Waals surface area contributed by atoms with Gasteiger partial charge in [0.2, 0.25) is 0 Å². The molecular formula is C18H26F4O5S. The molecule has 0 radical (unpaired) electrons. The molecule has 3 saturated carbocycles. The van der Waals surface area contributed by atoms with Gasteiger partial charge < -0.3 is 4.74 Å². The van der Waals surface area contributed by atoms with E-state index in [1.807, 2.05) is 0 Å². The normalized spacial score (nSPS) is 33.0. The third-order valence-electron chi connectivity index (χ3n) is 6.74. The first-order chi connectivity index (χ1) is 12.9. The number of carbonyl (C=O) groups excluding carboxylic acids is 1. The number of carbonyl (C=O) groups is 1. The van der Waals surface area contributed by atoms with Crippen molar-refractivity contribution in [3.8, 4) is 0 Å². The molecule has 0 aromatic rings. The minimum atomic E-state index is -6.21. The topological polar surface area (TPSA) is 80.7 Å².